The number of unbranched alkanes of at least 4 members (excludes halogenated alkanes) is 3. The smallest absolute Gasteiger partial charge is 0.248 e. The van der Waals surface area contributed by atoms with Crippen LogP contribution in [0, 0.1) is 0 Å². The molecule has 4 heteroatoms. The summed E-state index contributed by atoms with van der Waals surface area (Å²) in [6, 6.07) is 22.2. The molecule has 1 aliphatic carbocycles. The fourth-order valence-corrected chi connectivity index (χ4v) is 7.81. The van der Waals surface area contributed by atoms with Crippen LogP contribution in [-0.2, 0) is 16.4 Å². The van der Waals surface area contributed by atoms with E-state index in [4.69, 9.17) is 4.42 Å². The molecule has 0 radical (unpaired) electrons. The van der Waals surface area contributed by atoms with Crippen LogP contribution in [0.4, 0.5) is 0 Å². The van der Waals surface area contributed by atoms with Crippen molar-refractivity contribution in [2.24, 2.45) is 0 Å². The summed E-state index contributed by atoms with van der Waals surface area (Å²) < 4.78 is 8.89. The molecule has 4 aromatic rings. The van der Waals surface area contributed by atoms with E-state index in [1.807, 2.05) is 0 Å². The Kier molecular flexibility index (Phi) is 7.38. The summed E-state index contributed by atoms with van der Waals surface area (Å²) in [6.07, 6.45) is 14.7. The second-order valence-corrected chi connectivity index (χ2v) is 13.1. The molecule has 41 heavy (non-hydrogen) atoms. The van der Waals surface area contributed by atoms with Gasteiger partial charge in [-0.25, -0.2) is 0 Å². The standard InChI is InChI=1S/C37H46N3O/c1-6-9-10-12-22-35(4,5)29-18-15-27(16-19-29)33-38-39-34(41-33)28-17-20-31-30(26-28)32-14-11-13-25-40(32)37(23-24-37)36(31,8-3)21-7-2/h11,13-20,25-26H,6-10,12,21-24H2,1-5H3/q+1. The van der Waals surface area contributed by atoms with Gasteiger partial charge in [-0.2, -0.15) is 4.57 Å². The van der Waals surface area contributed by atoms with Gasteiger partial charge < -0.3 is 4.42 Å². The molecule has 2 aromatic carbocycles. The molecule has 4 nitrogen and oxygen atoms in total. The SMILES string of the molecule is CCCCCCC(C)(C)c1ccc(-c2nnc(-c3ccc4c(c3)-c3cccc[n+]3C3(CC3)C4(CC)CCC)o2)cc1. The number of pyridine rings is 1. The van der Waals surface area contributed by atoms with Crippen molar-refractivity contribution in [3.8, 4) is 34.2 Å². The highest BCUT2D eigenvalue weighted by atomic mass is 16.4. The van der Waals surface area contributed by atoms with Crippen molar-refractivity contribution in [2.45, 2.75) is 115 Å². The molecule has 1 unspecified atom stereocenters. The van der Waals surface area contributed by atoms with Crippen LogP contribution in [0.15, 0.2) is 71.3 Å². The van der Waals surface area contributed by atoms with Crippen molar-refractivity contribution < 1.29 is 8.98 Å². The number of hydrogen-bond donors (Lipinski definition) is 0. The lowest BCUT2D eigenvalue weighted by Gasteiger charge is -2.42. The van der Waals surface area contributed by atoms with Crippen LogP contribution in [0.1, 0.15) is 110 Å². The summed E-state index contributed by atoms with van der Waals surface area (Å²) in [5, 5.41) is 8.97. The van der Waals surface area contributed by atoms with Gasteiger partial charge in [0.2, 0.25) is 17.5 Å². The monoisotopic (exact) mass is 548 g/mol. The van der Waals surface area contributed by atoms with E-state index in [0.717, 1.165) is 17.5 Å². The van der Waals surface area contributed by atoms with Crippen LogP contribution in [0.5, 0.6) is 0 Å². The van der Waals surface area contributed by atoms with Gasteiger partial charge in [0.25, 0.3) is 0 Å². The molecule has 1 fully saturated rings. The predicted octanol–water partition coefficient (Wildman–Crippen LogP) is 9.56. The van der Waals surface area contributed by atoms with Crippen LogP contribution in [0.25, 0.3) is 34.2 Å². The van der Waals surface area contributed by atoms with E-state index in [9.17, 15) is 0 Å². The van der Waals surface area contributed by atoms with Crippen LogP contribution >= 0.6 is 0 Å². The highest BCUT2D eigenvalue weighted by molar-refractivity contribution is 5.72. The third-order valence-corrected chi connectivity index (χ3v) is 10.3. The summed E-state index contributed by atoms with van der Waals surface area (Å²) in [6.45, 7) is 11.7. The van der Waals surface area contributed by atoms with Gasteiger partial charge >= 0.3 is 0 Å². The lowest BCUT2D eigenvalue weighted by atomic mass is 9.63. The van der Waals surface area contributed by atoms with Crippen molar-refractivity contribution in [1.82, 2.24) is 10.2 Å². The summed E-state index contributed by atoms with van der Waals surface area (Å²) >= 11 is 0. The van der Waals surface area contributed by atoms with E-state index < -0.39 is 0 Å². The van der Waals surface area contributed by atoms with Crippen LogP contribution in [0.2, 0.25) is 0 Å². The Bertz CT molecular complexity index is 1510. The summed E-state index contributed by atoms with van der Waals surface area (Å²) in [4.78, 5) is 0. The first-order valence-corrected chi connectivity index (χ1v) is 16.0. The van der Waals surface area contributed by atoms with Crippen molar-refractivity contribution >= 4 is 0 Å². The molecular weight excluding hydrogens is 502 g/mol. The molecule has 0 N–H and O–H groups in total. The van der Waals surface area contributed by atoms with E-state index in [-0.39, 0.29) is 16.4 Å². The Morgan fingerprint density at radius 1 is 0.829 bits per heavy atom. The second-order valence-electron chi connectivity index (χ2n) is 13.1. The molecule has 1 atom stereocenters. The van der Waals surface area contributed by atoms with Crippen molar-refractivity contribution in [3.05, 3.63) is 78.0 Å². The molecule has 1 aliphatic heterocycles. The lowest BCUT2D eigenvalue weighted by molar-refractivity contribution is -0.742. The molecule has 0 bridgehead atoms. The van der Waals surface area contributed by atoms with Crippen LogP contribution < -0.4 is 4.57 Å². The first-order chi connectivity index (χ1) is 19.9. The fraction of sp³-hybridized carbons (Fsp3) is 0.486. The molecule has 2 aliphatic rings. The Hall–Kier alpha value is -3.27. The van der Waals surface area contributed by atoms with Crippen molar-refractivity contribution in [2.75, 3.05) is 0 Å². The predicted molar refractivity (Wildman–Crippen MR) is 167 cm³/mol. The Morgan fingerprint density at radius 3 is 2.24 bits per heavy atom. The Labute approximate surface area is 246 Å². The minimum absolute atomic E-state index is 0.153. The molecule has 0 amide bonds. The molecule has 6 rings (SSSR count). The summed E-state index contributed by atoms with van der Waals surface area (Å²) in [5.41, 5.74) is 7.93. The lowest BCUT2D eigenvalue weighted by Crippen LogP contribution is -2.62. The molecular formula is C37H46N3O+. The first-order valence-electron chi connectivity index (χ1n) is 16.0. The largest absolute Gasteiger partial charge is 0.416 e. The van der Waals surface area contributed by atoms with Crippen LogP contribution in [0.3, 0.4) is 0 Å². The number of fused-ring (bicyclic) bond motifs is 4. The maximum atomic E-state index is 6.30. The minimum atomic E-state index is 0.153. The van der Waals surface area contributed by atoms with E-state index in [0.29, 0.717) is 11.8 Å². The molecule has 1 saturated carbocycles. The normalized spacial score (nSPS) is 18.8. The van der Waals surface area contributed by atoms with E-state index in [1.165, 1.54) is 80.2 Å². The van der Waals surface area contributed by atoms with E-state index in [1.54, 1.807) is 0 Å². The average molecular weight is 549 g/mol. The second kappa shape index (κ2) is 10.9. The van der Waals surface area contributed by atoms with E-state index in [2.05, 4.69) is 116 Å². The fourth-order valence-electron chi connectivity index (χ4n) is 7.81. The maximum Gasteiger partial charge on any atom is 0.248 e. The van der Waals surface area contributed by atoms with Gasteiger partial charge in [-0.3, -0.25) is 0 Å². The van der Waals surface area contributed by atoms with Gasteiger partial charge in [0.05, 0.1) is 11.0 Å². The summed E-state index contributed by atoms with van der Waals surface area (Å²) in [5.74, 6) is 1.15. The van der Waals surface area contributed by atoms with Gasteiger partial charge in [0.1, 0.15) is 0 Å². The van der Waals surface area contributed by atoms with Gasteiger partial charge in [-0.05, 0) is 66.1 Å². The Morgan fingerprint density at radius 2 is 1.56 bits per heavy atom. The van der Waals surface area contributed by atoms with Crippen LogP contribution in [-0.4, -0.2) is 10.2 Å². The minimum Gasteiger partial charge on any atom is -0.416 e. The third kappa shape index (κ3) is 4.64. The van der Waals surface area contributed by atoms with Gasteiger partial charge in [0.15, 0.2) is 11.7 Å². The van der Waals surface area contributed by atoms with Crippen molar-refractivity contribution in [3.63, 3.8) is 0 Å². The number of rotatable bonds is 11. The topological polar surface area (TPSA) is 42.8 Å². The average Bonchev–Trinajstić information content (AvgIpc) is 3.65. The Balaban J connectivity index is 1.30. The molecule has 0 saturated heterocycles. The molecule has 3 heterocycles. The van der Waals surface area contributed by atoms with Gasteiger partial charge in [0, 0.05) is 36.1 Å². The number of benzene rings is 2. The third-order valence-electron chi connectivity index (χ3n) is 10.3. The zero-order valence-electron chi connectivity index (χ0n) is 25.7. The van der Waals surface area contributed by atoms with Gasteiger partial charge in [-0.15, -0.1) is 10.2 Å². The number of aromatic nitrogens is 3. The zero-order valence-corrected chi connectivity index (χ0v) is 25.7. The highest BCUT2D eigenvalue weighted by Gasteiger charge is 2.69. The number of hydrogen-bond acceptors (Lipinski definition) is 3. The highest BCUT2D eigenvalue weighted by Crippen LogP contribution is 2.62. The summed E-state index contributed by atoms with van der Waals surface area (Å²) in [7, 11) is 0. The molecule has 2 aromatic heterocycles. The first kappa shape index (κ1) is 27.9. The van der Waals surface area contributed by atoms with Crippen molar-refractivity contribution in [1.29, 1.82) is 0 Å². The van der Waals surface area contributed by atoms with E-state index >= 15 is 0 Å². The maximum absolute atomic E-state index is 6.30. The quantitative estimate of drug-likeness (QED) is 0.138. The molecule has 214 valence electrons. The zero-order chi connectivity index (χ0) is 28.7. The molecule has 1 spiro atoms. The number of nitrogens with zero attached hydrogens (tertiary/aromatic N) is 3. The van der Waals surface area contributed by atoms with Gasteiger partial charge in [-0.1, -0.05) is 84.9 Å².